The SMILES string of the molecule is CCNC(c1ccc(F)cc1C)C1CCC1. The molecular formula is C14H20FN. The number of aryl methyl sites for hydroxylation is 1. The lowest BCUT2D eigenvalue weighted by Crippen LogP contribution is -2.32. The first-order valence-electron chi connectivity index (χ1n) is 6.21. The summed E-state index contributed by atoms with van der Waals surface area (Å²) >= 11 is 0. The maximum atomic E-state index is 13.1. The average molecular weight is 221 g/mol. The topological polar surface area (TPSA) is 12.0 Å². The van der Waals surface area contributed by atoms with Crippen LogP contribution in [0.15, 0.2) is 18.2 Å². The van der Waals surface area contributed by atoms with Crippen LogP contribution in [0, 0.1) is 18.7 Å². The molecule has 0 bridgehead atoms. The van der Waals surface area contributed by atoms with E-state index in [1.165, 1.54) is 24.8 Å². The molecule has 1 aliphatic rings. The molecule has 2 rings (SSSR count). The zero-order valence-corrected chi connectivity index (χ0v) is 10.1. The predicted octanol–water partition coefficient (Wildman–Crippen LogP) is 3.58. The second-order valence-electron chi connectivity index (χ2n) is 4.73. The Kier molecular flexibility index (Phi) is 3.59. The maximum absolute atomic E-state index is 13.1. The summed E-state index contributed by atoms with van der Waals surface area (Å²) < 4.78 is 13.1. The van der Waals surface area contributed by atoms with Crippen LogP contribution in [0.3, 0.4) is 0 Å². The second kappa shape index (κ2) is 4.96. The minimum atomic E-state index is -0.134. The van der Waals surface area contributed by atoms with E-state index in [9.17, 15) is 4.39 Å². The summed E-state index contributed by atoms with van der Waals surface area (Å²) in [5, 5.41) is 3.54. The molecule has 1 N–H and O–H groups in total. The van der Waals surface area contributed by atoms with Gasteiger partial charge >= 0.3 is 0 Å². The van der Waals surface area contributed by atoms with Gasteiger partial charge in [-0.15, -0.1) is 0 Å². The Hall–Kier alpha value is -0.890. The van der Waals surface area contributed by atoms with Gasteiger partial charge in [-0.1, -0.05) is 19.4 Å². The highest BCUT2D eigenvalue weighted by molar-refractivity contribution is 5.30. The van der Waals surface area contributed by atoms with Crippen molar-refractivity contribution in [3.05, 3.63) is 35.1 Å². The van der Waals surface area contributed by atoms with Crippen LogP contribution < -0.4 is 5.32 Å². The van der Waals surface area contributed by atoms with Crippen molar-refractivity contribution >= 4 is 0 Å². The van der Waals surface area contributed by atoms with Gasteiger partial charge in [0, 0.05) is 6.04 Å². The summed E-state index contributed by atoms with van der Waals surface area (Å²) in [5.74, 6) is 0.606. The first-order chi connectivity index (χ1) is 7.72. The molecule has 0 amide bonds. The summed E-state index contributed by atoms with van der Waals surface area (Å²) in [6.45, 7) is 5.10. The fourth-order valence-electron chi connectivity index (χ4n) is 2.51. The summed E-state index contributed by atoms with van der Waals surface area (Å²) in [7, 11) is 0. The smallest absolute Gasteiger partial charge is 0.123 e. The third kappa shape index (κ3) is 2.27. The molecule has 1 saturated carbocycles. The van der Waals surface area contributed by atoms with Gasteiger partial charge in [-0.3, -0.25) is 0 Å². The van der Waals surface area contributed by atoms with Gasteiger partial charge in [-0.25, -0.2) is 4.39 Å². The van der Waals surface area contributed by atoms with Gasteiger partial charge in [-0.2, -0.15) is 0 Å². The molecule has 0 aromatic heterocycles. The van der Waals surface area contributed by atoms with Crippen LogP contribution in [-0.2, 0) is 0 Å². The number of hydrogen-bond donors (Lipinski definition) is 1. The molecule has 0 aliphatic heterocycles. The van der Waals surface area contributed by atoms with Gasteiger partial charge in [0.15, 0.2) is 0 Å². The zero-order chi connectivity index (χ0) is 11.5. The zero-order valence-electron chi connectivity index (χ0n) is 10.1. The van der Waals surface area contributed by atoms with Crippen molar-refractivity contribution in [2.45, 2.75) is 39.2 Å². The third-order valence-electron chi connectivity index (χ3n) is 3.61. The molecule has 1 unspecified atom stereocenters. The molecule has 0 saturated heterocycles. The molecule has 1 aromatic rings. The standard InChI is InChI=1S/C14H20FN/c1-3-16-14(11-5-4-6-11)13-8-7-12(15)9-10(13)2/h7-9,11,14,16H,3-6H2,1-2H3. The van der Waals surface area contributed by atoms with Gasteiger partial charge in [0.25, 0.3) is 0 Å². The fourth-order valence-corrected chi connectivity index (χ4v) is 2.51. The molecule has 1 aliphatic carbocycles. The van der Waals surface area contributed by atoms with Gasteiger partial charge in [0.2, 0.25) is 0 Å². The van der Waals surface area contributed by atoms with Crippen LogP contribution in [0.1, 0.15) is 43.4 Å². The molecule has 1 nitrogen and oxygen atoms in total. The highest BCUT2D eigenvalue weighted by Gasteiger charge is 2.28. The minimum absolute atomic E-state index is 0.134. The molecule has 0 radical (unpaired) electrons. The highest BCUT2D eigenvalue weighted by atomic mass is 19.1. The Balaban J connectivity index is 2.23. The van der Waals surface area contributed by atoms with Crippen molar-refractivity contribution in [1.29, 1.82) is 0 Å². The van der Waals surface area contributed by atoms with E-state index in [-0.39, 0.29) is 5.82 Å². The van der Waals surface area contributed by atoms with Gasteiger partial charge in [0.1, 0.15) is 5.82 Å². The molecular weight excluding hydrogens is 201 g/mol. The summed E-state index contributed by atoms with van der Waals surface area (Å²) in [6.07, 6.45) is 3.94. The van der Waals surface area contributed by atoms with E-state index >= 15 is 0 Å². The van der Waals surface area contributed by atoms with E-state index < -0.39 is 0 Å². The van der Waals surface area contributed by atoms with Crippen molar-refractivity contribution < 1.29 is 4.39 Å². The molecule has 0 spiro atoms. The molecule has 16 heavy (non-hydrogen) atoms. The van der Waals surface area contributed by atoms with E-state index in [1.54, 1.807) is 12.1 Å². The van der Waals surface area contributed by atoms with Crippen LogP contribution >= 0.6 is 0 Å². The van der Waals surface area contributed by atoms with E-state index in [4.69, 9.17) is 0 Å². The Morgan fingerprint density at radius 1 is 1.44 bits per heavy atom. The van der Waals surface area contributed by atoms with Crippen molar-refractivity contribution in [2.24, 2.45) is 5.92 Å². The average Bonchev–Trinajstić information content (AvgIpc) is 2.14. The molecule has 1 fully saturated rings. The van der Waals surface area contributed by atoms with Crippen molar-refractivity contribution in [3.8, 4) is 0 Å². The van der Waals surface area contributed by atoms with E-state index in [0.29, 0.717) is 6.04 Å². The first-order valence-corrected chi connectivity index (χ1v) is 6.21. The Labute approximate surface area is 97.1 Å². The first kappa shape index (κ1) is 11.6. The largest absolute Gasteiger partial charge is 0.310 e. The van der Waals surface area contributed by atoms with Gasteiger partial charge < -0.3 is 5.32 Å². The van der Waals surface area contributed by atoms with Crippen LogP contribution in [0.5, 0.6) is 0 Å². The number of rotatable bonds is 4. The van der Waals surface area contributed by atoms with E-state index in [2.05, 4.69) is 12.2 Å². The Bertz CT molecular complexity index is 358. The lowest BCUT2D eigenvalue weighted by atomic mass is 9.76. The van der Waals surface area contributed by atoms with E-state index in [1.807, 2.05) is 13.0 Å². The second-order valence-corrected chi connectivity index (χ2v) is 4.73. The Morgan fingerprint density at radius 2 is 2.19 bits per heavy atom. The molecule has 88 valence electrons. The lowest BCUT2D eigenvalue weighted by molar-refractivity contribution is 0.232. The van der Waals surface area contributed by atoms with Crippen LogP contribution in [0.2, 0.25) is 0 Å². The maximum Gasteiger partial charge on any atom is 0.123 e. The van der Waals surface area contributed by atoms with Crippen molar-refractivity contribution in [3.63, 3.8) is 0 Å². The lowest BCUT2D eigenvalue weighted by Gasteiger charge is -2.35. The molecule has 0 heterocycles. The number of hydrogen-bond acceptors (Lipinski definition) is 1. The molecule has 1 atom stereocenters. The van der Waals surface area contributed by atoms with Crippen molar-refractivity contribution in [1.82, 2.24) is 5.32 Å². The van der Waals surface area contributed by atoms with Gasteiger partial charge in [-0.05, 0) is 55.5 Å². The number of benzene rings is 1. The molecule has 2 heteroatoms. The highest BCUT2D eigenvalue weighted by Crippen LogP contribution is 2.38. The summed E-state index contributed by atoms with van der Waals surface area (Å²) in [5.41, 5.74) is 2.34. The normalized spacial score (nSPS) is 18.2. The monoisotopic (exact) mass is 221 g/mol. The Morgan fingerprint density at radius 3 is 2.69 bits per heavy atom. The molecule has 1 aromatic carbocycles. The quantitative estimate of drug-likeness (QED) is 0.819. The van der Waals surface area contributed by atoms with Gasteiger partial charge in [0.05, 0.1) is 0 Å². The van der Waals surface area contributed by atoms with Crippen molar-refractivity contribution in [2.75, 3.05) is 6.54 Å². The summed E-state index contributed by atoms with van der Waals surface area (Å²) in [4.78, 5) is 0. The van der Waals surface area contributed by atoms with E-state index in [0.717, 1.165) is 18.0 Å². The van der Waals surface area contributed by atoms with Crippen LogP contribution in [0.4, 0.5) is 4.39 Å². The van der Waals surface area contributed by atoms with Crippen LogP contribution in [-0.4, -0.2) is 6.54 Å². The van der Waals surface area contributed by atoms with Crippen LogP contribution in [0.25, 0.3) is 0 Å². The number of halogens is 1. The summed E-state index contributed by atoms with van der Waals surface area (Å²) in [6, 6.07) is 5.57. The fraction of sp³-hybridized carbons (Fsp3) is 0.571. The predicted molar refractivity (Wildman–Crippen MR) is 64.9 cm³/mol. The minimum Gasteiger partial charge on any atom is -0.310 e. The third-order valence-corrected chi connectivity index (χ3v) is 3.61. The number of nitrogens with one attached hydrogen (secondary N) is 1.